The minimum Gasteiger partial charge on any atom is -0.293 e. The SMILES string of the molecule is Cc1nnc2sc(SCC(=O)c3ccc(Cl)cc3Cl)nn2c1=O. The number of thioether (sulfide) groups is 1. The highest BCUT2D eigenvalue weighted by molar-refractivity contribution is 8.01. The summed E-state index contributed by atoms with van der Waals surface area (Å²) < 4.78 is 1.75. The lowest BCUT2D eigenvalue weighted by molar-refractivity contribution is 0.102. The second-order valence-corrected chi connectivity index (χ2v) is 7.51. The first-order valence-corrected chi connectivity index (χ1v) is 8.85. The van der Waals surface area contributed by atoms with E-state index in [1.807, 2.05) is 0 Å². The van der Waals surface area contributed by atoms with Crippen LogP contribution in [0.25, 0.3) is 4.96 Å². The average Bonchev–Trinajstić information content (AvgIpc) is 2.92. The Kier molecular flexibility index (Phi) is 4.67. The van der Waals surface area contributed by atoms with Gasteiger partial charge in [-0.15, -0.1) is 15.3 Å². The number of ketones is 1. The van der Waals surface area contributed by atoms with Crippen LogP contribution in [0.5, 0.6) is 0 Å². The highest BCUT2D eigenvalue weighted by Crippen LogP contribution is 2.26. The van der Waals surface area contributed by atoms with Crippen molar-refractivity contribution in [3.63, 3.8) is 0 Å². The van der Waals surface area contributed by atoms with Gasteiger partial charge >= 0.3 is 0 Å². The first-order valence-electron chi connectivity index (χ1n) is 6.30. The van der Waals surface area contributed by atoms with E-state index in [2.05, 4.69) is 15.3 Å². The number of aromatic nitrogens is 4. The van der Waals surface area contributed by atoms with Gasteiger partial charge in [-0.1, -0.05) is 46.3 Å². The van der Waals surface area contributed by atoms with Crippen molar-refractivity contribution in [2.24, 2.45) is 0 Å². The van der Waals surface area contributed by atoms with E-state index < -0.39 is 0 Å². The van der Waals surface area contributed by atoms with Gasteiger partial charge in [0.15, 0.2) is 10.1 Å². The number of benzene rings is 1. The number of hydrogen-bond acceptors (Lipinski definition) is 7. The van der Waals surface area contributed by atoms with E-state index in [1.165, 1.54) is 33.7 Å². The van der Waals surface area contributed by atoms with E-state index in [4.69, 9.17) is 23.2 Å². The maximum absolute atomic E-state index is 12.2. The Morgan fingerprint density at radius 3 is 2.87 bits per heavy atom. The van der Waals surface area contributed by atoms with Crippen molar-refractivity contribution >= 4 is 57.0 Å². The van der Waals surface area contributed by atoms with Crippen molar-refractivity contribution in [2.45, 2.75) is 11.3 Å². The Bertz CT molecular complexity index is 970. The summed E-state index contributed by atoms with van der Waals surface area (Å²) >= 11 is 14.2. The molecule has 0 spiro atoms. The molecule has 0 N–H and O–H groups in total. The third-order valence-corrected chi connectivity index (χ3v) is 5.47. The largest absolute Gasteiger partial charge is 0.296 e. The van der Waals surface area contributed by atoms with Crippen LogP contribution in [0.1, 0.15) is 16.1 Å². The predicted molar refractivity (Wildman–Crippen MR) is 91.2 cm³/mol. The lowest BCUT2D eigenvalue weighted by Crippen LogP contribution is -2.19. The molecule has 0 amide bonds. The molecule has 0 bridgehead atoms. The molecule has 0 saturated heterocycles. The Hall–Kier alpha value is -1.48. The number of fused-ring (bicyclic) bond motifs is 1. The van der Waals surface area contributed by atoms with Crippen LogP contribution in [0.4, 0.5) is 0 Å². The van der Waals surface area contributed by atoms with Crippen LogP contribution in [-0.4, -0.2) is 31.3 Å². The number of carbonyl (C=O) groups is 1. The molecule has 0 atom stereocenters. The molecular weight excluding hydrogens is 379 g/mol. The van der Waals surface area contributed by atoms with E-state index in [-0.39, 0.29) is 22.8 Å². The van der Waals surface area contributed by atoms with Gasteiger partial charge < -0.3 is 0 Å². The van der Waals surface area contributed by atoms with Gasteiger partial charge in [-0.05, 0) is 25.1 Å². The molecule has 0 unspecified atom stereocenters. The number of carbonyl (C=O) groups excluding carboxylic acids is 1. The zero-order valence-corrected chi connectivity index (χ0v) is 14.8. The molecule has 0 aliphatic rings. The van der Waals surface area contributed by atoms with Crippen LogP contribution in [0, 0.1) is 6.92 Å². The van der Waals surface area contributed by atoms with Crippen LogP contribution in [0.2, 0.25) is 10.0 Å². The quantitative estimate of drug-likeness (QED) is 0.506. The number of Topliss-reactive ketones (excluding diaryl/α,β-unsaturated/α-hetero) is 1. The molecule has 2 aromatic heterocycles. The van der Waals surface area contributed by atoms with Crippen LogP contribution >= 0.6 is 46.3 Å². The Morgan fingerprint density at radius 1 is 1.35 bits per heavy atom. The molecular formula is C13H8Cl2N4O2S2. The van der Waals surface area contributed by atoms with Gasteiger partial charge in [-0.2, -0.15) is 4.52 Å². The summed E-state index contributed by atoms with van der Waals surface area (Å²) in [6.45, 7) is 1.57. The second-order valence-electron chi connectivity index (χ2n) is 4.49. The molecule has 10 heteroatoms. The van der Waals surface area contributed by atoms with Crippen molar-refractivity contribution < 1.29 is 4.79 Å². The Morgan fingerprint density at radius 2 is 2.13 bits per heavy atom. The lowest BCUT2D eigenvalue weighted by atomic mass is 10.1. The van der Waals surface area contributed by atoms with Gasteiger partial charge in [-0.25, -0.2) is 0 Å². The van der Waals surface area contributed by atoms with Crippen molar-refractivity contribution in [1.29, 1.82) is 0 Å². The van der Waals surface area contributed by atoms with Gasteiger partial charge in [0.05, 0.1) is 10.8 Å². The Balaban J connectivity index is 1.79. The fraction of sp³-hybridized carbons (Fsp3) is 0.154. The van der Waals surface area contributed by atoms with Crippen molar-refractivity contribution in [2.75, 3.05) is 5.75 Å². The summed E-state index contributed by atoms with van der Waals surface area (Å²) in [5, 5.41) is 12.6. The summed E-state index contributed by atoms with van der Waals surface area (Å²) in [6, 6.07) is 4.73. The van der Waals surface area contributed by atoms with Gasteiger partial charge in [0.25, 0.3) is 5.56 Å². The van der Waals surface area contributed by atoms with Crippen LogP contribution in [-0.2, 0) is 0 Å². The number of aryl methyl sites for hydroxylation is 1. The third kappa shape index (κ3) is 3.40. The van der Waals surface area contributed by atoms with Gasteiger partial charge in [-0.3, -0.25) is 9.59 Å². The molecule has 0 aliphatic heterocycles. The maximum Gasteiger partial charge on any atom is 0.296 e. The fourth-order valence-corrected chi connectivity index (χ4v) is 4.02. The predicted octanol–water partition coefficient (Wildman–Crippen LogP) is 3.14. The summed E-state index contributed by atoms with van der Waals surface area (Å²) in [5.41, 5.74) is 0.357. The van der Waals surface area contributed by atoms with Crippen LogP contribution in [0.3, 0.4) is 0 Å². The molecule has 118 valence electrons. The topological polar surface area (TPSA) is 77.2 Å². The van der Waals surface area contributed by atoms with Crippen molar-refractivity contribution in [1.82, 2.24) is 19.8 Å². The summed E-state index contributed by atoms with van der Waals surface area (Å²) in [5.74, 6) is -0.00645. The lowest BCUT2D eigenvalue weighted by Gasteiger charge is -2.02. The minimum absolute atomic E-state index is 0.141. The molecule has 0 radical (unpaired) electrons. The fourth-order valence-electron chi connectivity index (χ4n) is 1.75. The third-order valence-electron chi connectivity index (χ3n) is 2.89. The number of rotatable bonds is 4. The Labute approximate surface area is 148 Å². The minimum atomic E-state index is -0.315. The summed E-state index contributed by atoms with van der Waals surface area (Å²) in [4.78, 5) is 24.5. The molecule has 23 heavy (non-hydrogen) atoms. The molecule has 3 rings (SSSR count). The summed E-state index contributed by atoms with van der Waals surface area (Å²) in [6.07, 6.45) is 0. The van der Waals surface area contributed by atoms with E-state index >= 15 is 0 Å². The van der Waals surface area contributed by atoms with Crippen LogP contribution in [0.15, 0.2) is 27.3 Å². The number of hydrogen-bond donors (Lipinski definition) is 0. The number of halogens is 2. The molecule has 0 saturated carbocycles. The normalized spacial score (nSPS) is 11.1. The first kappa shape index (κ1) is 16.4. The first-order chi connectivity index (χ1) is 11.0. The molecule has 2 heterocycles. The van der Waals surface area contributed by atoms with Crippen molar-refractivity contribution in [3.8, 4) is 0 Å². The van der Waals surface area contributed by atoms with Gasteiger partial charge in [0.2, 0.25) is 4.96 Å². The van der Waals surface area contributed by atoms with Gasteiger partial charge in [0.1, 0.15) is 5.69 Å². The van der Waals surface area contributed by atoms with E-state index in [0.717, 1.165) is 0 Å². The number of nitrogens with zero attached hydrogens (tertiary/aromatic N) is 4. The molecule has 3 aromatic rings. The second kappa shape index (κ2) is 6.56. The molecule has 0 fully saturated rings. The van der Waals surface area contributed by atoms with Gasteiger partial charge in [0, 0.05) is 10.6 Å². The van der Waals surface area contributed by atoms with E-state index in [1.54, 1.807) is 19.1 Å². The summed E-state index contributed by atoms with van der Waals surface area (Å²) in [7, 11) is 0. The molecule has 0 aliphatic carbocycles. The zero-order chi connectivity index (χ0) is 16.6. The highest BCUT2D eigenvalue weighted by Gasteiger charge is 2.14. The maximum atomic E-state index is 12.2. The molecule has 1 aromatic carbocycles. The molecule has 6 nitrogen and oxygen atoms in total. The zero-order valence-electron chi connectivity index (χ0n) is 11.6. The average molecular weight is 387 g/mol. The monoisotopic (exact) mass is 386 g/mol. The van der Waals surface area contributed by atoms with E-state index in [0.29, 0.717) is 24.9 Å². The van der Waals surface area contributed by atoms with E-state index in [9.17, 15) is 9.59 Å². The highest BCUT2D eigenvalue weighted by atomic mass is 35.5. The van der Waals surface area contributed by atoms with Crippen LogP contribution < -0.4 is 5.56 Å². The standard InChI is InChI=1S/C13H8Cl2N4O2S2/c1-6-11(21)19-12(17-16-6)23-13(18-19)22-5-10(20)8-3-2-7(14)4-9(8)15/h2-4H,5H2,1H3. The smallest absolute Gasteiger partial charge is 0.293 e. The van der Waals surface area contributed by atoms with Crippen molar-refractivity contribution in [3.05, 3.63) is 49.9 Å².